The normalized spacial score (nSPS) is 13.7. The summed E-state index contributed by atoms with van der Waals surface area (Å²) in [4.78, 5) is 2.50. The van der Waals surface area contributed by atoms with E-state index >= 15 is 0 Å². The first-order valence-corrected chi connectivity index (χ1v) is 6.53. The fourth-order valence-electron chi connectivity index (χ4n) is 1.83. The number of hydrogen-bond donors (Lipinski definition) is 1. The summed E-state index contributed by atoms with van der Waals surface area (Å²) in [5.74, 6) is 0.727. The van der Waals surface area contributed by atoms with Crippen molar-refractivity contribution in [1.29, 1.82) is 0 Å². The molecule has 98 valence electrons. The number of hydrogen-bond acceptors (Lipinski definition) is 3. The van der Waals surface area contributed by atoms with Gasteiger partial charge in [-0.25, -0.2) is 0 Å². The topological polar surface area (TPSA) is 38.5 Å². The van der Waals surface area contributed by atoms with Crippen molar-refractivity contribution in [3.8, 4) is 0 Å². The molecule has 0 aliphatic rings. The maximum Gasteiger partial charge on any atom is 0.0589 e. The van der Waals surface area contributed by atoms with Crippen LogP contribution in [0.5, 0.6) is 0 Å². The Balaban J connectivity index is 3.64. The van der Waals surface area contributed by atoms with Gasteiger partial charge < -0.3 is 15.4 Å². The van der Waals surface area contributed by atoms with Crippen LogP contribution in [0.2, 0.25) is 0 Å². The third kappa shape index (κ3) is 10.4. The predicted octanol–water partition coefficient (Wildman–Crippen LogP) is 2.11. The van der Waals surface area contributed by atoms with Gasteiger partial charge in [0, 0.05) is 26.2 Å². The molecule has 1 unspecified atom stereocenters. The van der Waals surface area contributed by atoms with Gasteiger partial charge in [-0.2, -0.15) is 0 Å². The maximum atomic E-state index is 5.74. The van der Waals surface area contributed by atoms with E-state index in [9.17, 15) is 0 Å². The lowest BCUT2D eigenvalue weighted by Crippen LogP contribution is -2.32. The summed E-state index contributed by atoms with van der Waals surface area (Å²) in [6, 6.07) is 0.345. The second-order valence-corrected chi connectivity index (χ2v) is 5.16. The lowest BCUT2D eigenvalue weighted by molar-refractivity contribution is 0.138. The summed E-state index contributed by atoms with van der Waals surface area (Å²) in [6.07, 6.45) is 3.62. The third-order valence-electron chi connectivity index (χ3n) is 2.62. The van der Waals surface area contributed by atoms with E-state index < -0.39 is 0 Å². The molecule has 0 aromatic heterocycles. The Kier molecular flexibility index (Phi) is 9.99. The number of ether oxygens (including phenoxy) is 1. The van der Waals surface area contributed by atoms with Crippen molar-refractivity contribution in [2.45, 2.75) is 46.1 Å². The van der Waals surface area contributed by atoms with Crippen molar-refractivity contribution in [2.24, 2.45) is 11.7 Å². The van der Waals surface area contributed by atoms with E-state index in [1.807, 2.05) is 0 Å². The van der Waals surface area contributed by atoms with Crippen LogP contribution in [-0.4, -0.2) is 44.3 Å². The Morgan fingerprint density at radius 2 is 1.81 bits per heavy atom. The smallest absolute Gasteiger partial charge is 0.0589 e. The van der Waals surface area contributed by atoms with Crippen LogP contribution < -0.4 is 5.73 Å². The quantitative estimate of drug-likeness (QED) is 0.584. The fourth-order valence-corrected chi connectivity index (χ4v) is 1.83. The highest BCUT2D eigenvalue weighted by Gasteiger charge is 2.06. The van der Waals surface area contributed by atoms with Crippen molar-refractivity contribution < 1.29 is 4.74 Å². The molecule has 0 aliphatic heterocycles. The summed E-state index contributed by atoms with van der Waals surface area (Å²) in [6.45, 7) is 10.8. The fraction of sp³-hybridized carbons (Fsp3) is 1.00. The molecule has 0 saturated heterocycles. The zero-order chi connectivity index (χ0) is 12.4. The lowest BCUT2D eigenvalue weighted by Gasteiger charge is -2.24. The van der Waals surface area contributed by atoms with Gasteiger partial charge in [0.2, 0.25) is 0 Å². The molecule has 3 nitrogen and oxygen atoms in total. The van der Waals surface area contributed by atoms with Gasteiger partial charge in [0.05, 0.1) is 6.61 Å². The summed E-state index contributed by atoms with van der Waals surface area (Å²) in [5, 5.41) is 0. The summed E-state index contributed by atoms with van der Waals surface area (Å²) < 4.78 is 5.14. The molecule has 1 atom stereocenters. The Labute approximate surface area is 101 Å². The van der Waals surface area contributed by atoms with Gasteiger partial charge >= 0.3 is 0 Å². The molecule has 3 heteroatoms. The van der Waals surface area contributed by atoms with Gasteiger partial charge in [0.1, 0.15) is 0 Å². The minimum atomic E-state index is 0.345. The molecule has 0 radical (unpaired) electrons. The zero-order valence-corrected chi connectivity index (χ0v) is 11.5. The highest BCUT2D eigenvalue weighted by Crippen LogP contribution is 2.04. The molecule has 2 N–H and O–H groups in total. The number of rotatable bonds is 10. The van der Waals surface area contributed by atoms with E-state index in [1.165, 1.54) is 25.9 Å². The standard InChI is InChI=1S/C13H30N2O/c1-12(2)11-15(9-10-16-4)8-6-5-7-13(3)14/h12-13H,5-11,14H2,1-4H3. The molecule has 0 saturated carbocycles. The van der Waals surface area contributed by atoms with Gasteiger partial charge in [-0.15, -0.1) is 0 Å². The van der Waals surface area contributed by atoms with Crippen LogP contribution in [0, 0.1) is 5.92 Å². The number of nitrogens with two attached hydrogens (primary N) is 1. The first-order valence-electron chi connectivity index (χ1n) is 6.53. The Morgan fingerprint density at radius 1 is 1.12 bits per heavy atom. The average Bonchev–Trinajstić information content (AvgIpc) is 2.19. The molecule has 0 amide bonds. The number of methoxy groups -OCH3 is 1. The van der Waals surface area contributed by atoms with Crippen molar-refractivity contribution in [3.63, 3.8) is 0 Å². The highest BCUT2D eigenvalue weighted by molar-refractivity contribution is 4.61. The Bertz CT molecular complexity index is 149. The van der Waals surface area contributed by atoms with Crippen molar-refractivity contribution in [2.75, 3.05) is 33.4 Å². The monoisotopic (exact) mass is 230 g/mol. The van der Waals surface area contributed by atoms with E-state index in [0.717, 1.165) is 25.5 Å². The third-order valence-corrected chi connectivity index (χ3v) is 2.62. The van der Waals surface area contributed by atoms with Crippen LogP contribution >= 0.6 is 0 Å². The molecule has 0 fully saturated rings. The summed E-state index contributed by atoms with van der Waals surface area (Å²) in [5.41, 5.74) is 5.74. The molecule has 0 aliphatic carbocycles. The van der Waals surface area contributed by atoms with E-state index in [1.54, 1.807) is 7.11 Å². The SMILES string of the molecule is COCCN(CCCCC(C)N)CC(C)C. The molecule has 0 aromatic rings. The first kappa shape index (κ1) is 15.9. The molecule has 0 aromatic carbocycles. The molecule has 0 heterocycles. The van der Waals surface area contributed by atoms with Crippen LogP contribution in [0.1, 0.15) is 40.0 Å². The minimum Gasteiger partial charge on any atom is -0.383 e. The second kappa shape index (κ2) is 10.1. The van der Waals surface area contributed by atoms with Crippen molar-refractivity contribution in [1.82, 2.24) is 4.90 Å². The highest BCUT2D eigenvalue weighted by atomic mass is 16.5. The van der Waals surface area contributed by atoms with Crippen LogP contribution in [0.15, 0.2) is 0 Å². The van der Waals surface area contributed by atoms with Gasteiger partial charge in [0.25, 0.3) is 0 Å². The first-order chi connectivity index (χ1) is 7.56. The van der Waals surface area contributed by atoms with Crippen LogP contribution in [0.25, 0.3) is 0 Å². The van der Waals surface area contributed by atoms with Gasteiger partial charge in [-0.05, 0) is 32.2 Å². The number of nitrogens with zero attached hydrogens (tertiary/aromatic N) is 1. The molecule has 0 rings (SSSR count). The molecule has 0 spiro atoms. The summed E-state index contributed by atoms with van der Waals surface area (Å²) >= 11 is 0. The van der Waals surface area contributed by atoms with Crippen LogP contribution in [0.4, 0.5) is 0 Å². The van der Waals surface area contributed by atoms with E-state index in [2.05, 4.69) is 25.7 Å². The largest absolute Gasteiger partial charge is 0.383 e. The lowest BCUT2D eigenvalue weighted by atomic mass is 10.1. The van der Waals surface area contributed by atoms with Crippen LogP contribution in [0.3, 0.4) is 0 Å². The predicted molar refractivity (Wildman–Crippen MR) is 70.7 cm³/mol. The number of unbranched alkanes of at least 4 members (excludes halogenated alkanes) is 1. The van der Waals surface area contributed by atoms with E-state index in [-0.39, 0.29) is 0 Å². The maximum absolute atomic E-state index is 5.74. The van der Waals surface area contributed by atoms with Crippen molar-refractivity contribution in [3.05, 3.63) is 0 Å². The van der Waals surface area contributed by atoms with Gasteiger partial charge in [-0.1, -0.05) is 20.3 Å². The molecule has 16 heavy (non-hydrogen) atoms. The Morgan fingerprint density at radius 3 is 2.31 bits per heavy atom. The average molecular weight is 230 g/mol. The molecule has 0 bridgehead atoms. The van der Waals surface area contributed by atoms with E-state index in [4.69, 9.17) is 10.5 Å². The molecular formula is C13H30N2O. The van der Waals surface area contributed by atoms with Gasteiger partial charge in [-0.3, -0.25) is 0 Å². The van der Waals surface area contributed by atoms with E-state index in [0.29, 0.717) is 6.04 Å². The Hall–Kier alpha value is -0.120. The summed E-state index contributed by atoms with van der Waals surface area (Å²) in [7, 11) is 1.77. The minimum absolute atomic E-state index is 0.345. The van der Waals surface area contributed by atoms with Gasteiger partial charge in [0.15, 0.2) is 0 Å². The van der Waals surface area contributed by atoms with Crippen LogP contribution in [-0.2, 0) is 4.74 Å². The van der Waals surface area contributed by atoms with Crippen molar-refractivity contribution >= 4 is 0 Å². The molecular weight excluding hydrogens is 200 g/mol. The second-order valence-electron chi connectivity index (χ2n) is 5.16. The zero-order valence-electron chi connectivity index (χ0n) is 11.5.